The van der Waals surface area contributed by atoms with Gasteiger partial charge in [-0.15, -0.1) is 0 Å². The highest BCUT2D eigenvalue weighted by atomic mass is 16.1. The van der Waals surface area contributed by atoms with Gasteiger partial charge >= 0.3 is 0 Å². The molecule has 1 N–H and O–H groups in total. The summed E-state index contributed by atoms with van der Waals surface area (Å²) >= 11 is 0. The fourth-order valence-corrected chi connectivity index (χ4v) is 2.60. The number of hydrogen-bond donors (Lipinski definition) is 1. The lowest BCUT2D eigenvalue weighted by molar-refractivity contribution is -0.109. The van der Waals surface area contributed by atoms with Crippen molar-refractivity contribution in [3.8, 4) is 0 Å². The van der Waals surface area contributed by atoms with Crippen LogP contribution in [0.5, 0.6) is 0 Å². The summed E-state index contributed by atoms with van der Waals surface area (Å²) in [6, 6.07) is 18.8. The van der Waals surface area contributed by atoms with Crippen LogP contribution in [0, 0.1) is 0 Å². The molecule has 0 radical (unpaired) electrons. The number of rotatable bonds is 4. The molecule has 0 saturated carbocycles. The Kier molecular flexibility index (Phi) is 4.25. The molecule has 0 bridgehead atoms. The highest BCUT2D eigenvalue weighted by Crippen LogP contribution is 2.25. The Balaban J connectivity index is 1.82. The molecule has 5 nitrogen and oxygen atoms in total. The minimum absolute atomic E-state index is 0.0304. The lowest BCUT2D eigenvalue weighted by Crippen LogP contribution is -2.40. The summed E-state index contributed by atoms with van der Waals surface area (Å²) in [6.07, 6.45) is 0.929. The smallest absolute Gasteiger partial charge is 0.146 e. The molecular weight excluding hydrogens is 276 g/mol. The van der Waals surface area contributed by atoms with Crippen molar-refractivity contribution >= 4 is 17.7 Å². The third-order valence-corrected chi connectivity index (χ3v) is 3.74. The van der Waals surface area contributed by atoms with Crippen LogP contribution in [-0.2, 0) is 4.79 Å². The van der Waals surface area contributed by atoms with Gasteiger partial charge in [-0.1, -0.05) is 36.4 Å². The van der Waals surface area contributed by atoms with E-state index in [-0.39, 0.29) is 18.1 Å². The number of hydrazine groups is 1. The Morgan fingerprint density at radius 3 is 2.32 bits per heavy atom. The Bertz CT molecular complexity index is 644. The van der Waals surface area contributed by atoms with Gasteiger partial charge in [0.05, 0.1) is 17.4 Å². The molecule has 3 rings (SSSR count). The number of nitrogens with one attached hydrogen (secondary N) is 1. The molecule has 1 aliphatic rings. The van der Waals surface area contributed by atoms with Gasteiger partial charge < -0.3 is 4.79 Å². The molecule has 0 aromatic heterocycles. The number of azo groups is 1. The molecule has 0 amide bonds. The lowest BCUT2D eigenvalue weighted by atomic mass is 10.1. The Morgan fingerprint density at radius 2 is 1.68 bits per heavy atom. The molecule has 0 aliphatic carbocycles. The van der Waals surface area contributed by atoms with Crippen LogP contribution in [-0.4, -0.2) is 24.4 Å². The summed E-state index contributed by atoms with van der Waals surface area (Å²) in [6.45, 7) is 2.01. The summed E-state index contributed by atoms with van der Waals surface area (Å²) in [5.41, 5.74) is 5.04. The maximum atomic E-state index is 11.6. The van der Waals surface area contributed by atoms with E-state index in [1.54, 1.807) is 0 Å². The zero-order valence-corrected chi connectivity index (χ0v) is 12.3. The standard InChI is InChI=1S/C17H18N4O/c1-13-17(19-18-14-8-4-2-5-9-14)16(12-22)21(20-13)15-10-6-3-7-11-15/h2-13,16-17,20H,1H3. The molecule has 5 heteroatoms. The Labute approximate surface area is 129 Å². The molecular formula is C17H18N4O. The third kappa shape index (κ3) is 2.89. The first-order valence-electron chi connectivity index (χ1n) is 7.31. The number of carbonyl (C=O) groups is 1. The Morgan fingerprint density at radius 1 is 1.05 bits per heavy atom. The van der Waals surface area contributed by atoms with E-state index < -0.39 is 0 Å². The lowest BCUT2D eigenvalue weighted by Gasteiger charge is -2.22. The molecule has 2 aromatic rings. The predicted molar refractivity (Wildman–Crippen MR) is 86.1 cm³/mol. The second-order valence-electron chi connectivity index (χ2n) is 5.29. The van der Waals surface area contributed by atoms with Crippen LogP contribution in [0.1, 0.15) is 6.92 Å². The molecule has 2 aromatic carbocycles. The summed E-state index contributed by atoms with van der Waals surface area (Å²) in [4.78, 5) is 11.6. The first kappa shape index (κ1) is 14.4. The zero-order valence-electron chi connectivity index (χ0n) is 12.3. The number of aldehydes is 1. The molecule has 112 valence electrons. The van der Waals surface area contributed by atoms with E-state index in [9.17, 15) is 4.79 Å². The van der Waals surface area contributed by atoms with Crippen molar-refractivity contribution in [3.05, 3.63) is 60.7 Å². The molecule has 1 heterocycles. The van der Waals surface area contributed by atoms with Gasteiger partial charge in [-0.25, -0.2) is 5.43 Å². The van der Waals surface area contributed by atoms with E-state index in [4.69, 9.17) is 0 Å². The molecule has 22 heavy (non-hydrogen) atoms. The number of carbonyl (C=O) groups excluding carboxylic acids is 1. The van der Waals surface area contributed by atoms with E-state index in [1.807, 2.05) is 72.6 Å². The second kappa shape index (κ2) is 6.49. The van der Waals surface area contributed by atoms with Crippen molar-refractivity contribution in [3.63, 3.8) is 0 Å². The maximum Gasteiger partial charge on any atom is 0.146 e. The average molecular weight is 294 g/mol. The normalized spacial score (nSPS) is 24.8. The summed E-state index contributed by atoms with van der Waals surface area (Å²) < 4.78 is 0. The molecule has 3 unspecified atom stereocenters. The largest absolute Gasteiger partial charge is 0.301 e. The fraction of sp³-hybridized carbons (Fsp3) is 0.235. The summed E-state index contributed by atoms with van der Waals surface area (Å²) in [5, 5.41) is 10.5. The zero-order chi connectivity index (χ0) is 15.4. The van der Waals surface area contributed by atoms with Gasteiger partial charge in [0.25, 0.3) is 0 Å². The van der Waals surface area contributed by atoms with Crippen LogP contribution in [0.3, 0.4) is 0 Å². The average Bonchev–Trinajstić information content (AvgIpc) is 2.90. The van der Waals surface area contributed by atoms with Gasteiger partial charge in [-0.05, 0) is 31.2 Å². The maximum absolute atomic E-state index is 11.6. The van der Waals surface area contributed by atoms with E-state index in [2.05, 4.69) is 15.7 Å². The van der Waals surface area contributed by atoms with Crippen LogP contribution in [0.15, 0.2) is 70.9 Å². The van der Waals surface area contributed by atoms with Crippen LogP contribution < -0.4 is 10.4 Å². The molecule has 1 aliphatic heterocycles. The van der Waals surface area contributed by atoms with Crippen molar-refractivity contribution in [2.45, 2.75) is 25.0 Å². The topological polar surface area (TPSA) is 57.1 Å². The first-order chi connectivity index (χ1) is 10.8. The number of benzene rings is 2. The monoisotopic (exact) mass is 294 g/mol. The summed E-state index contributed by atoms with van der Waals surface area (Å²) in [7, 11) is 0. The molecule has 3 atom stereocenters. The van der Waals surface area contributed by atoms with E-state index in [0.29, 0.717) is 0 Å². The van der Waals surface area contributed by atoms with Crippen molar-refractivity contribution in [1.82, 2.24) is 5.43 Å². The molecule has 1 fully saturated rings. The number of anilines is 1. The highest BCUT2D eigenvalue weighted by Gasteiger charge is 2.39. The van der Waals surface area contributed by atoms with Gasteiger partial charge in [-0.3, -0.25) is 5.01 Å². The van der Waals surface area contributed by atoms with E-state index in [0.717, 1.165) is 17.7 Å². The van der Waals surface area contributed by atoms with Crippen LogP contribution in [0.4, 0.5) is 11.4 Å². The predicted octanol–water partition coefficient (Wildman–Crippen LogP) is 3.12. The number of hydrogen-bond acceptors (Lipinski definition) is 5. The van der Waals surface area contributed by atoms with Gasteiger partial charge in [0, 0.05) is 0 Å². The second-order valence-corrected chi connectivity index (χ2v) is 5.29. The van der Waals surface area contributed by atoms with Crippen LogP contribution >= 0.6 is 0 Å². The minimum atomic E-state index is -0.370. The number of nitrogens with zero attached hydrogens (tertiary/aromatic N) is 3. The van der Waals surface area contributed by atoms with Gasteiger partial charge in [0.2, 0.25) is 0 Å². The van der Waals surface area contributed by atoms with Gasteiger partial charge in [0.15, 0.2) is 0 Å². The van der Waals surface area contributed by atoms with Gasteiger partial charge in [-0.2, -0.15) is 10.2 Å². The van der Waals surface area contributed by atoms with Crippen molar-refractivity contribution in [1.29, 1.82) is 0 Å². The number of para-hydroxylation sites is 1. The molecule has 1 saturated heterocycles. The third-order valence-electron chi connectivity index (χ3n) is 3.74. The Hall–Kier alpha value is -2.53. The van der Waals surface area contributed by atoms with Crippen molar-refractivity contribution in [2.75, 3.05) is 5.01 Å². The minimum Gasteiger partial charge on any atom is -0.301 e. The van der Waals surface area contributed by atoms with E-state index in [1.165, 1.54) is 0 Å². The van der Waals surface area contributed by atoms with E-state index >= 15 is 0 Å². The first-order valence-corrected chi connectivity index (χ1v) is 7.31. The van der Waals surface area contributed by atoms with Crippen molar-refractivity contribution in [2.24, 2.45) is 10.2 Å². The highest BCUT2D eigenvalue weighted by molar-refractivity contribution is 5.68. The van der Waals surface area contributed by atoms with Crippen LogP contribution in [0.2, 0.25) is 0 Å². The van der Waals surface area contributed by atoms with Crippen LogP contribution in [0.25, 0.3) is 0 Å². The van der Waals surface area contributed by atoms with Gasteiger partial charge in [0.1, 0.15) is 18.4 Å². The fourth-order valence-electron chi connectivity index (χ4n) is 2.60. The SMILES string of the molecule is CC1NN(c2ccccc2)C(C=O)C1N=Nc1ccccc1. The molecule has 0 spiro atoms. The summed E-state index contributed by atoms with van der Waals surface area (Å²) in [5.74, 6) is 0. The quantitative estimate of drug-likeness (QED) is 0.696. The van der Waals surface area contributed by atoms with Crippen molar-refractivity contribution < 1.29 is 4.79 Å².